The van der Waals surface area contributed by atoms with Crippen molar-refractivity contribution < 1.29 is 0 Å². The molecule has 0 aliphatic heterocycles. The maximum Gasteiger partial charge on any atom is 0.166 e. The second kappa shape index (κ2) is 18.2. The highest BCUT2D eigenvalue weighted by molar-refractivity contribution is 6.11. The Labute approximate surface area is 430 Å². The fourth-order valence-corrected chi connectivity index (χ4v) is 9.29. The van der Waals surface area contributed by atoms with Crippen molar-refractivity contribution in [3.8, 4) is 80.1 Å². The van der Waals surface area contributed by atoms with Gasteiger partial charge in [0.15, 0.2) is 34.9 Å². The molecule has 0 fully saturated rings. The van der Waals surface area contributed by atoms with Crippen molar-refractivity contribution in [1.29, 1.82) is 5.26 Å². The number of rotatable bonds is 7. The number of fused-ring (bicyclic) bond motifs is 3. The summed E-state index contributed by atoms with van der Waals surface area (Å²) in [5, 5.41) is 12.4. The Hall–Kier alpha value is -8.15. The molecule has 3 heterocycles. The van der Waals surface area contributed by atoms with Crippen molar-refractivity contribution in [3.63, 3.8) is 0 Å². The van der Waals surface area contributed by atoms with Crippen LogP contribution in [0.3, 0.4) is 0 Å². The predicted molar refractivity (Wildman–Crippen MR) is 300 cm³/mol. The summed E-state index contributed by atoms with van der Waals surface area (Å²) in [6.07, 6.45) is 0. The van der Waals surface area contributed by atoms with E-state index < -0.39 is 0 Å². The van der Waals surface area contributed by atoms with Gasteiger partial charge in [-0.25, -0.2) is 29.9 Å². The molecule has 362 valence electrons. The second-order valence-corrected chi connectivity index (χ2v) is 23.4. The van der Waals surface area contributed by atoms with Gasteiger partial charge in [0.1, 0.15) is 0 Å². The minimum absolute atomic E-state index is 0.108. The molecule has 0 N–H and O–H groups in total. The van der Waals surface area contributed by atoms with Crippen LogP contribution in [-0.2, 0) is 21.7 Å². The van der Waals surface area contributed by atoms with Gasteiger partial charge < -0.3 is 4.57 Å². The molecule has 0 saturated carbocycles. The van der Waals surface area contributed by atoms with Crippen molar-refractivity contribution in [1.82, 2.24) is 34.5 Å². The lowest BCUT2D eigenvalue weighted by molar-refractivity contribution is 0.568. The van der Waals surface area contributed by atoms with E-state index in [2.05, 4.69) is 173 Å². The van der Waals surface area contributed by atoms with Gasteiger partial charge in [0, 0.05) is 44.2 Å². The van der Waals surface area contributed by atoms with Crippen LogP contribution in [0.1, 0.15) is 111 Å². The smallest absolute Gasteiger partial charge is 0.166 e. The third-order valence-electron chi connectivity index (χ3n) is 13.7. The number of para-hydroxylation sites is 1. The van der Waals surface area contributed by atoms with E-state index in [9.17, 15) is 5.26 Å². The van der Waals surface area contributed by atoms with E-state index in [0.29, 0.717) is 46.1 Å². The Balaban J connectivity index is 1.21. The summed E-state index contributed by atoms with van der Waals surface area (Å²) in [4.78, 5) is 31.4. The predicted octanol–water partition coefficient (Wildman–Crippen LogP) is 16.2. The minimum Gasteiger partial charge on any atom is -0.308 e. The molecule has 10 aromatic rings. The van der Waals surface area contributed by atoms with Crippen LogP contribution in [0.2, 0.25) is 0 Å². The van der Waals surface area contributed by atoms with Gasteiger partial charge in [0.25, 0.3) is 0 Å². The molecule has 3 aromatic heterocycles. The van der Waals surface area contributed by atoms with E-state index in [1.807, 2.05) is 78.9 Å². The first-order valence-corrected chi connectivity index (χ1v) is 25.2. The first-order valence-electron chi connectivity index (χ1n) is 25.2. The van der Waals surface area contributed by atoms with Crippen molar-refractivity contribution in [3.05, 3.63) is 186 Å². The third kappa shape index (κ3) is 9.68. The largest absolute Gasteiger partial charge is 0.308 e. The molecule has 0 unspecified atom stereocenters. The molecular formula is C65H62N8. The molecule has 8 nitrogen and oxygen atoms in total. The van der Waals surface area contributed by atoms with E-state index in [4.69, 9.17) is 29.9 Å². The van der Waals surface area contributed by atoms with Crippen molar-refractivity contribution >= 4 is 21.8 Å². The molecule has 0 bridgehead atoms. The quantitative estimate of drug-likeness (QED) is 0.157. The zero-order valence-corrected chi connectivity index (χ0v) is 44.1. The Kier molecular flexibility index (Phi) is 12.1. The zero-order valence-electron chi connectivity index (χ0n) is 44.1. The van der Waals surface area contributed by atoms with Crippen LogP contribution in [0.25, 0.3) is 95.8 Å². The summed E-state index contributed by atoms with van der Waals surface area (Å²) < 4.78 is 2.25. The highest BCUT2D eigenvalue weighted by atomic mass is 15.1. The van der Waals surface area contributed by atoms with Crippen molar-refractivity contribution in [2.24, 2.45) is 0 Å². The van der Waals surface area contributed by atoms with Crippen molar-refractivity contribution in [2.45, 2.75) is 105 Å². The van der Waals surface area contributed by atoms with Gasteiger partial charge in [-0.15, -0.1) is 0 Å². The van der Waals surface area contributed by atoms with E-state index in [1.165, 1.54) is 22.3 Å². The van der Waals surface area contributed by atoms with Gasteiger partial charge in [0.2, 0.25) is 0 Å². The molecule has 10 rings (SSSR count). The lowest BCUT2D eigenvalue weighted by Crippen LogP contribution is -2.17. The summed E-state index contributed by atoms with van der Waals surface area (Å²) in [6.45, 7) is 27.1. The van der Waals surface area contributed by atoms with E-state index in [0.717, 1.165) is 55.3 Å². The van der Waals surface area contributed by atoms with Gasteiger partial charge in [-0.05, 0) is 111 Å². The summed E-state index contributed by atoms with van der Waals surface area (Å²) in [5.74, 6) is 3.38. The minimum atomic E-state index is -0.108. The fourth-order valence-electron chi connectivity index (χ4n) is 9.29. The number of nitrogens with zero attached hydrogens (tertiary/aromatic N) is 8. The molecule has 73 heavy (non-hydrogen) atoms. The molecule has 7 aromatic carbocycles. The lowest BCUT2D eigenvalue weighted by Gasteiger charge is -2.26. The van der Waals surface area contributed by atoms with Gasteiger partial charge >= 0.3 is 0 Å². The molecule has 0 saturated heterocycles. The van der Waals surface area contributed by atoms with Crippen LogP contribution in [0.15, 0.2) is 158 Å². The number of aromatic nitrogens is 7. The topological polar surface area (TPSA) is 106 Å². The van der Waals surface area contributed by atoms with Gasteiger partial charge in [-0.3, -0.25) is 0 Å². The molecule has 0 atom stereocenters. The van der Waals surface area contributed by atoms with Crippen molar-refractivity contribution in [2.75, 3.05) is 0 Å². The summed E-state index contributed by atoms with van der Waals surface area (Å²) >= 11 is 0. The van der Waals surface area contributed by atoms with E-state index in [1.54, 1.807) is 0 Å². The molecule has 0 spiro atoms. The Morgan fingerprint density at radius 3 is 1.19 bits per heavy atom. The van der Waals surface area contributed by atoms with Crippen LogP contribution < -0.4 is 0 Å². The second-order valence-electron chi connectivity index (χ2n) is 23.4. The van der Waals surface area contributed by atoms with Crippen LogP contribution >= 0.6 is 0 Å². The first kappa shape index (κ1) is 48.5. The maximum absolute atomic E-state index is 10.3. The number of nitriles is 1. The summed E-state index contributed by atoms with van der Waals surface area (Å²) in [6, 6.07) is 56.6. The number of hydrogen-bond donors (Lipinski definition) is 0. The average Bonchev–Trinajstić information content (AvgIpc) is 3.71. The molecule has 0 aliphatic rings. The molecular weight excluding hydrogens is 893 g/mol. The molecule has 0 amide bonds. The van der Waals surface area contributed by atoms with Crippen LogP contribution in [0.5, 0.6) is 0 Å². The van der Waals surface area contributed by atoms with Gasteiger partial charge in [-0.1, -0.05) is 174 Å². The van der Waals surface area contributed by atoms with Crippen LogP contribution in [0, 0.1) is 11.3 Å². The monoisotopic (exact) mass is 955 g/mol. The standard InChI is InChI=1S/C65H62N8/c1-62(2,3)46-32-44(33-47(37-46)63(4,5)6)59-68-58(69-60(70-59)45-34-48(64(7,8)9)38-49(35-45)65(10,11)12)43-28-30-54-51(36-43)50-25-19-20-26-53(50)73(54)55-29-27-40(39-66)31-52(55)61-71-56(41-21-15-13-16-22-41)67-57(72-61)42-23-17-14-18-24-42/h13-38H,1-12H3. The maximum atomic E-state index is 10.3. The molecule has 8 heteroatoms. The summed E-state index contributed by atoms with van der Waals surface area (Å²) in [7, 11) is 0. The highest BCUT2D eigenvalue weighted by Crippen LogP contribution is 2.41. The van der Waals surface area contributed by atoms with E-state index >= 15 is 0 Å². The van der Waals surface area contributed by atoms with Gasteiger partial charge in [0.05, 0.1) is 28.4 Å². The summed E-state index contributed by atoms with van der Waals surface area (Å²) in [5.41, 5.74) is 13.0. The SMILES string of the molecule is CC(C)(C)c1cc(-c2nc(-c3cc(C(C)(C)C)cc(C(C)(C)C)c3)nc(-c3ccc4c(c3)c3ccccc3n4-c3ccc(C#N)cc3-c3nc(-c4ccccc4)nc(-c4ccccc4)n3)n2)cc(C(C)(C)C)c1. The molecule has 0 radical (unpaired) electrons. The van der Waals surface area contributed by atoms with Crippen LogP contribution in [0.4, 0.5) is 0 Å². The lowest BCUT2D eigenvalue weighted by atomic mass is 9.79. The third-order valence-corrected chi connectivity index (χ3v) is 13.7. The normalized spacial score (nSPS) is 12.4. The average molecular weight is 955 g/mol. The molecule has 0 aliphatic carbocycles. The first-order chi connectivity index (χ1) is 34.6. The Morgan fingerprint density at radius 2 is 0.740 bits per heavy atom. The number of hydrogen-bond acceptors (Lipinski definition) is 7. The Bertz CT molecular complexity index is 3560. The van der Waals surface area contributed by atoms with Crippen LogP contribution in [-0.4, -0.2) is 34.5 Å². The number of benzene rings is 7. The highest BCUT2D eigenvalue weighted by Gasteiger charge is 2.26. The van der Waals surface area contributed by atoms with Gasteiger partial charge in [-0.2, -0.15) is 5.26 Å². The fraction of sp³-hybridized carbons (Fsp3) is 0.246. The Morgan fingerprint density at radius 1 is 0.342 bits per heavy atom. The van der Waals surface area contributed by atoms with E-state index in [-0.39, 0.29) is 21.7 Å². The zero-order chi connectivity index (χ0) is 51.6.